The predicted molar refractivity (Wildman–Crippen MR) is 68.3 cm³/mol. The average Bonchev–Trinajstić information content (AvgIpc) is 2.39. The minimum absolute atomic E-state index is 0.471. The molecule has 0 spiro atoms. The van der Waals surface area contributed by atoms with Gasteiger partial charge in [0.05, 0.1) is 25.9 Å². The second-order valence-electron chi connectivity index (χ2n) is 3.73. The lowest BCUT2D eigenvalue weighted by atomic mass is 10.2. The Kier molecular flexibility index (Phi) is 3.86. The van der Waals surface area contributed by atoms with Crippen LogP contribution in [-0.2, 0) is 9.47 Å². The van der Waals surface area contributed by atoms with Crippen LogP contribution in [0.4, 0.5) is 5.82 Å². The quantitative estimate of drug-likeness (QED) is 0.612. The van der Waals surface area contributed by atoms with Crippen molar-refractivity contribution in [1.82, 2.24) is 4.98 Å². The summed E-state index contributed by atoms with van der Waals surface area (Å²) in [5.41, 5.74) is 0.874. The molecule has 1 saturated heterocycles. The first kappa shape index (κ1) is 12.2. The molecular formula is C12H15ClN2O2. The lowest BCUT2D eigenvalue weighted by Crippen LogP contribution is -2.37. The van der Waals surface area contributed by atoms with Crippen molar-refractivity contribution in [1.29, 1.82) is 0 Å². The molecule has 0 saturated carbocycles. The van der Waals surface area contributed by atoms with Gasteiger partial charge in [-0.15, -0.1) is 0 Å². The molecule has 1 aliphatic rings. The summed E-state index contributed by atoms with van der Waals surface area (Å²) < 4.78 is 10.5. The minimum Gasteiger partial charge on any atom is -0.497 e. The highest BCUT2D eigenvalue weighted by Crippen LogP contribution is 2.27. The fourth-order valence-corrected chi connectivity index (χ4v) is 1.91. The van der Waals surface area contributed by atoms with E-state index in [0.717, 1.165) is 24.5 Å². The highest BCUT2D eigenvalue weighted by Gasteiger charge is 2.18. The van der Waals surface area contributed by atoms with Gasteiger partial charge in [0, 0.05) is 13.1 Å². The molecule has 0 atom stereocenters. The predicted octanol–water partition coefficient (Wildman–Crippen LogP) is 2.19. The van der Waals surface area contributed by atoms with Crippen molar-refractivity contribution < 1.29 is 9.47 Å². The van der Waals surface area contributed by atoms with E-state index in [1.807, 2.05) is 6.07 Å². The average molecular weight is 255 g/mol. The Balaban J connectivity index is 2.35. The molecule has 17 heavy (non-hydrogen) atoms. The highest BCUT2D eigenvalue weighted by atomic mass is 35.5. The van der Waals surface area contributed by atoms with Gasteiger partial charge in [0.1, 0.15) is 16.7 Å². The van der Waals surface area contributed by atoms with E-state index in [4.69, 9.17) is 21.1 Å². The first-order valence-electron chi connectivity index (χ1n) is 5.45. The van der Waals surface area contributed by atoms with Gasteiger partial charge in [-0.05, 0) is 12.1 Å². The van der Waals surface area contributed by atoms with Crippen molar-refractivity contribution in [2.24, 2.45) is 0 Å². The number of nitrogens with zero attached hydrogens (tertiary/aromatic N) is 2. The van der Waals surface area contributed by atoms with Crippen LogP contribution in [0.1, 0.15) is 5.56 Å². The second-order valence-corrected chi connectivity index (χ2v) is 4.12. The molecular weight excluding hydrogens is 240 g/mol. The molecule has 0 amide bonds. The topological polar surface area (TPSA) is 34.6 Å². The van der Waals surface area contributed by atoms with Crippen LogP contribution < -0.4 is 4.90 Å². The normalized spacial score (nSPS) is 15.8. The molecule has 4 nitrogen and oxygen atoms in total. The van der Waals surface area contributed by atoms with Crippen molar-refractivity contribution in [3.8, 4) is 0 Å². The third-order valence-electron chi connectivity index (χ3n) is 2.70. The van der Waals surface area contributed by atoms with Gasteiger partial charge in [0.25, 0.3) is 0 Å². The largest absolute Gasteiger partial charge is 0.497 e. The number of halogens is 1. The molecule has 1 aliphatic heterocycles. The minimum atomic E-state index is 0.471. The van der Waals surface area contributed by atoms with Crippen molar-refractivity contribution in [3.05, 3.63) is 29.4 Å². The van der Waals surface area contributed by atoms with Crippen LogP contribution in [-0.4, -0.2) is 38.4 Å². The summed E-state index contributed by atoms with van der Waals surface area (Å²) in [6.07, 6.45) is 0. The summed E-state index contributed by atoms with van der Waals surface area (Å²) in [6, 6.07) is 3.62. The number of hydrogen-bond acceptors (Lipinski definition) is 4. The SMILES string of the molecule is C=C(OC)c1ccc(Cl)nc1N1CCOCC1. The van der Waals surface area contributed by atoms with E-state index in [1.165, 1.54) is 0 Å². The van der Waals surface area contributed by atoms with Gasteiger partial charge in [-0.25, -0.2) is 4.98 Å². The Morgan fingerprint density at radius 3 is 2.82 bits per heavy atom. The van der Waals surface area contributed by atoms with E-state index in [-0.39, 0.29) is 0 Å². The molecule has 1 aromatic rings. The molecule has 2 rings (SSSR count). The summed E-state index contributed by atoms with van der Waals surface area (Å²) in [7, 11) is 1.60. The van der Waals surface area contributed by atoms with Crippen LogP contribution in [0.5, 0.6) is 0 Å². The number of hydrogen-bond donors (Lipinski definition) is 0. The lowest BCUT2D eigenvalue weighted by molar-refractivity contribution is 0.122. The smallest absolute Gasteiger partial charge is 0.141 e. The van der Waals surface area contributed by atoms with Crippen LogP contribution in [0, 0.1) is 0 Å². The molecule has 0 radical (unpaired) electrons. The molecule has 92 valence electrons. The zero-order chi connectivity index (χ0) is 12.3. The number of ether oxygens (including phenoxy) is 2. The maximum absolute atomic E-state index is 5.94. The van der Waals surface area contributed by atoms with Crippen molar-refractivity contribution in [2.75, 3.05) is 38.3 Å². The maximum atomic E-state index is 5.94. The molecule has 0 N–H and O–H groups in total. The molecule has 0 aliphatic carbocycles. The van der Waals surface area contributed by atoms with Gasteiger partial charge in [-0.2, -0.15) is 0 Å². The number of anilines is 1. The van der Waals surface area contributed by atoms with Gasteiger partial charge in [0.15, 0.2) is 0 Å². The van der Waals surface area contributed by atoms with Gasteiger partial charge in [0.2, 0.25) is 0 Å². The van der Waals surface area contributed by atoms with Gasteiger partial charge < -0.3 is 14.4 Å². The summed E-state index contributed by atoms with van der Waals surface area (Å²) >= 11 is 5.94. The summed E-state index contributed by atoms with van der Waals surface area (Å²) in [5, 5.41) is 0.471. The zero-order valence-electron chi connectivity index (χ0n) is 9.78. The first-order valence-corrected chi connectivity index (χ1v) is 5.82. The van der Waals surface area contributed by atoms with E-state index in [1.54, 1.807) is 13.2 Å². The van der Waals surface area contributed by atoms with Gasteiger partial charge >= 0.3 is 0 Å². The fourth-order valence-electron chi connectivity index (χ4n) is 1.77. The Labute approximate surface area is 106 Å². The van der Waals surface area contributed by atoms with E-state index in [2.05, 4.69) is 16.5 Å². The number of pyridine rings is 1. The summed E-state index contributed by atoms with van der Waals surface area (Å²) in [6.45, 7) is 6.87. The number of methoxy groups -OCH3 is 1. The van der Waals surface area contributed by atoms with Gasteiger partial charge in [-0.1, -0.05) is 18.2 Å². The molecule has 0 unspecified atom stereocenters. The van der Waals surface area contributed by atoms with E-state index in [0.29, 0.717) is 24.1 Å². The van der Waals surface area contributed by atoms with Crippen molar-refractivity contribution in [2.45, 2.75) is 0 Å². The van der Waals surface area contributed by atoms with Crippen LogP contribution in [0.3, 0.4) is 0 Å². The van der Waals surface area contributed by atoms with Crippen LogP contribution in [0.15, 0.2) is 18.7 Å². The van der Waals surface area contributed by atoms with Crippen LogP contribution in [0.25, 0.3) is 5.76 Å². The lowest BCUT2D eigenvalue weighted by Gasteiger charge is -2.29. The van der Waals surface area contributed by atoms with Gasteiger partial charge in [-0.3, -0.25) is 0 Å². The van der Waals surface area contributed by atoms with Crippen molar-refractivity contribution >= 4 is 23.2 Å². The monoisotopic (exact) mass is 254 g/mol. The molecule has 1 fully saturated rings. The number of morpholine rings is 1. The van der Waals surface area contributed by atoms with E-state index >= 15 is 0 Å². The molecule has 2 heterocycles. The Bertz CT molecular complexity index is 417. The molecule has 0 bridgehead atoms. The van der Waals surface area contributed by atoms with Crippen LogP contribution >= 0.6 is 11.6 Å². The number of rotatable bonds is 3. The zero-order valence-corrected chi connectivity index (χ0v) is 10.5. The standard InChI is InChI=1S/C12H15ClN2O2/c1-9(16-2)10-3-4-11(13)14-12(10)15-5-7-17-8-6-15/h3-4H,1,5-8H2,2H3. The third-order valence-corrected chi connectivity index (χ3v) is 2.91. The highest BCUT2D eigenvalue weighted by molar-refractivity contribution is 6.29. The fraction of sp³-hybridized carbons (Fsp3) is 0.417. The van der Waals surface area contributed by atoms with Crippen LogP contribution in [0.2, 0.25) is 5.15 Å². The molecule has 1 aromatic heterocycles. The Hall–Kier alpha value is -1.26. The Morgan fingerprint density at radius 1 is 1.47 bits per heavy atom. The van der Waals surface area contributed by atoms with E-state index in [9.17, 15) is 0 Å². The first-order chi connectivity index (χ1) is 8.22. The summed E-state index contributed by atoms with van der Waals surface area (Å²) in [4.78, 5) is 6.49. The molecule has 0 aromatic carbocycles. The number of aromatic nitrogens is 1. The van der Waals surface area contributed by atoms with Crippen molar-refractivity contribution in [3.63, 3.8) is 0 Å². The molecule has 5 heteroatoms. The second kappa shape index (κ2) is 5.38. The third kappa shape index (κ3) is 2.70. The van der Waals surface area contributed by atoms with E-state index < -0.39 is 0 Å². The maximum Gasteiger partial charge on any atom is 0.141 e. The summed E-state index contributed by atoms with van der Waals surface area (Å²) in [5.74, 6) is 1.41. The Morgan fingerprint density at radius 2 is 2.18 bits per heavy atom.